The summed E-state index contributed by atoms with van der Waals surface area (Å²) in [6, 6.07) is 17.2. The third-order valence-corrected chi connectivity index (χ3v) is 4.34. The number of hydrogen-bond donors (Lipinski definition) is 1. The van der Waals surface area contributed by atoms with E-state index in [1.165, 1.54) is 34.8 Å². The third kappa shape index (κ3) is 4.05. The van der Waals surface area contributed by atoms with E-state index in [2.05, 4.69) is 10.4 Å². The van der Waals surface area contributed by atoms with Crippen LogP contribution in [-0.4, -0.2) is 21.4 Å². The van der Waals surface area contributed by atoms with Crippen molar-refractivity contribution in [2.24, 2.45) is 0 Å². The maximum Gasteiger partial charge on any atom is 0.235 e. The van der Waals surface area contributed by atoms with Gasteiger partial charge in [-0.15, -0.1) is 11.8 Å². The summed E-state index contributed by atoms with van der Waals surface area (Å²) < 4.78 is 14.4. The number of aromatic nitrogens is 2. The van der Waals surface area contributed by atoms with E-state index in [1.807, 2.05) is 36.4 Å². The van der Waals surface area contributed by atoms with Gasteiger partial charge in [0.25, 0.3) is 0 Å². The standard InChI is InChI=1S/C18H13FN4OS/c19-14-6-8-16(9-7-14)25-12-17(24)22-18-13(10-20)11-21-23(18)15-4-2-1-3-5-15/h1-9,11H,12H2,(H,22,24). The lowest BCUT2D eigenvalue weighted by Crippen LogP contribution is -2.17. The number of nitrogens with zero attached hydrogens (tertiary/aromatic N) is 3. The molecule has 1 aromatic heterocycles. The van der Waals surface area contributed by atoms with Crippen LogP contribution in [0.4, 0.5) is 10.2 Å². The van der Waals surface area contributed by atoms with Crippen LogP contribution in [0.15, 0.2) is 65.7 Å². The summed E-state index contributed by atoms with van der Waals surface area (Å²) in [6.07, 6.45) is 1.41. The van der Waals surface area contributed by atoms with Crippen molar-refractivity contribution in [3.8, 4) is 11.8 Å². The van der Waals surface area contributed by atoms with Gasteiger partial charge >= 0.3 is 0 Å². The Morgan fingerprint density at radius 3 is 2.60 bits per heavy atom. The number of anilines is 1. The summed E-state index contributed by atoms with van der Waals surface area (Å²) in [6.45, 7) is 0. The van der Waals surface area contributed by atoms with Crippen LogP contribution in [0.25, 0.3) is 5.69 Å². The molecular weight excluding hydrogens is 339 g/mol. The zero-order chi connectivity index (χ0) is 17.6. The van der Waals surface area contributed by atoms with Crippen LogP contribution < -0.4 is 5.32 Å². The third-order valence-electron chi connectivity index (χ3n) is 3.33. The SMILES string of the molecule is N#Cc1cnn(-c2ccccc2)c1NC(=O)CSc1ccc(F)cc1. The molecule has 3 rings (SSSR count). The van der Waals surface area contributed by atoms with E-state index in [-0.39, 0.29) is 23.0 Å². The second-order valence-electron chi connectivity index (χ2n) is 5.06. The van der Waals surface area contributed by atoms with E-state index < -0.39 is 0 Å². The topological polar surface area (TPSA) is 70.7 Å². The van der Waals surface area contributed by atoms with Crippen LogP contribution in [0.2, 0.25) is 0 Å². The largest absolute Gasteiger partial charge is 0.309 e. The lowest BCUT2D eigenvalue weighted by molar-refractivity contribution is -0.113. The lowest BCUT2D eigenvalue weighted by atomic mass is 10.3. The van der Waals surface area contributed by atoms with E-state index >= 15 is 0 Å². The molecule has 0 atom stereocenters. The molecule has 0 saturated carbocycles. The molecule has 2 aromatic carbocycles. The molecule has 124 valence electrons. The Kier molecular flexibility index (Phi) is 5.11. The molecule has 1 amide bonds. The monoisotopic (exact) mass is 352 g/mol. The van der Waals surface area contributed by atoms with Crippen molar-refractivity contribution in [3.63, 3.8) is 0 Å². The maximum absolute atomic E-state index is 12.9. The molecular formula is C18H13FN4OS. The van der Waals surface area contributed by atoms with Gasteiger partial charge in [0.1, 0.15) is 17.4 Å². The van der Waals surface area contributed by atoms with Gasteiger partial charge in [0.2, 0.25) is 5.91 Å². The Hall–Kier alpha value is -3.11. The quantitative estimate of drug-likeness (QED) is 0.712. The van der Waals surface area contributed by atoms with Gasteiger partial charge in [-0.1, -0.05) is 18.2 Å². The number of nitrogens with one attached hydrogen (secondary N) is 1. The van der Waals surface area contributed by atoms with Gasteiger partial charge in [0, 0.05) is 4.90 Å². The normalized spacial score (nSPS) is 10.2. The first-order valence-corrected chi connectivity index (χ1v) is 8.37. The Labute approximate surface area is 148 Å². The summed E-state index contributed by atoms with van der Waals surface area (Å²) in [4.78, 5) is 13.0. The number of halogens is 1. The lowest BCUT2D eigenvalue weighted by Gasteiger charge is -2.09. The fourth-order valence-electron chi connectivity index (χ4n) is 2.16. The van der Waals surface area contributed by atoms with Crippen LogP contribution in [0, 0.1) is 17.1 Å². The number of carbonyl (C=O) groups excluding carboxylic acids is 1. The first-order chi connectivity index (χ1) is 12.2. The predicted octanol–water partition coefficient (Wildman–Crippen LogP) is 3.61. The number of thioether (sulfide) groups is 1. The highest BCUT2D eigenvalue weighted by molar-refractivity contribution is 8.00. The molecule has 5 nitrogen and oxygen atoms in total. The summed E-state index contributed by atoms with van der Waals surface area (Å²) in [5.74, 6) is -0.127. The highest BCUT2D eigenvalue weighted by atomic mass is 32.2. The number of benzene rings is 2. The second kappa shape index (κ2) is 7.64. The average Bonchev–Trinajstić information content (AvgIpc) is 3.04. The minimum absolute atomic E-state index is 0.135. The van der Waals surface area contributed by atoms with E-state index in [1.54, 1.807) is 12.1 Å². The van der Waals surface area contributed by atoms with Crippen LogP contribution in [-0.2, 0) is 4.79 Å². The molecule has 0 aliphatic heterocycles. The van der Waals surface area contributed by atoms with Gasteiger partial charge in [-0.05, 0) is 36.4 Å². The molecule has 0 saturated heterocycles. The summed E-state index contributed by atoms with van der Waals surface area (Å²) in [5.41, 5.74) is 1.02. The zero-order valence-electron chi connectivity index (χ0n) is 13.0. The van der Waals surface area contributed by atoms with Gasteiger partial charge in [0.15, 0.2) is 5.82 Å². The van der Waals surface area contributed by atoms with Crippen LogP contribution >= 0.6 is 11.8 Å². The molecule has 0 radical (unpaired) electrons. The molecule has 0 unspecified atom stereocenters. The highest BCUT2D eigenvalue weighted by Gasteiger charge is 2.15. The minimum Gasteiger partial charge on any atom is -0.309 e. The van der Waals surface area contributed by atoms with Crippen LogP contribution in [0.5, 0.6) is 0 Å². The van der Waals surface area contributed by atoms with E-state index in [0.29, 0.717) is 5.82 Å². The Bertz CT molecular complexity index is 916. The van der Waals surface area contributed by atoms with E-state index in [9.17, 15) is 14.4 Å². The number of nitriles is 1. The summed E-state index contributed by atoms with van der Waals surface area (Å²) in [7, 11) is 0. The van der Waals surface area contributed by atoms with Crippen molar-refractivity contribution >= 4 is 23.5 Å². The number of para-hydroxylation sites is 1. The van der Waals surface area contributed by atoms with Gasteiger partial charge in [-0.25, -0.2) is 9.07 Å². The van der Waals surface area contributed by atoms with Crippen molar-refractivity contribution in [3.05, 3.63) is 72.2 Å². The molecule has 1 N–H and O–H groups in total. The fourth-order valence-corrected chi connectivity index (χ4v) is 2.86. The smallest absolute Gasteiger partial charge is 0.235 e. The number of rotatable bonds is 5. The first kappa shape index (κ1) is 16.7. The molecule has 25 heavy (non-hydrogen) atoms. The molecule has 0 bridgehead atoms. The van der Waals surface area contributed by atoms with Crippen LogP contribution in [0.1, 0.15) is 5.56 Å². The Morgan fingerprint density at radius 2 is 1.92 bits per heavy atom. The fraction of sp³-hybridized carbons (Fsp3) is 0.0556. The number of carbonyl (C=O) groups is 1. The average molecular weight is 352 g/mol. The predicted molar refractivity (Wildman–Crippen MR) is 94.0 cm³/mol. The van der Waals surface area contributed by atoms with Gasteiger partial charge in [-0.3, -0.25) is 4.79 Å². The first-order valence-electron chi connectivity index (χ1n) is 7.39. The molecule has 3 aromatic rings. The van der Waals surface area contributed by atoms with E-state index in [0.717, 1.165) is 10.6 Å². The molecule has 7 heteroatoms. The summed E-state index contributed by atoms with van der Waals surface area (Å²) in [5, 5.41) is 16.1. The highest BCUT2D eigenvalue weighted by Crippen LogP contribution is 2.21. The Morgan fingerprint density at radius 1 is 1.20 bits per heavy atom. The molecule has 0 aliphatic carbocycles. The van der Waals surface area contributed by atoms with Gasteiger partial charge in [-0.2, -0.15) is 10.4 Å². The van der Waals surface area contributed by atoms with E-state index in [4.69, 9.17) is 0 Å². The zero-order valence-corrected chi connectivity index (χ0v) is 13.8. The number of hydrogen-bond acceptors (Lipinski definition) is 4. The van der Waals surface area contributed by atoms with Crippen molar-refractivity contribution in [1.29, 1.82) is 5.26 Å². The van der Waals surface area contributed by atoms with Gasteiger partial charge < -0.3 is 5.32 Å². The Balaban J connectivity index is 1.73. The second-order valence-corrected chi connectivity index (χ2v) is 6.11. The van der Waals surface area contributed by atoms with Crippen molar-refractivity contribution < 1.29 is 9.18 Å². The minimum atomic E-state index is -0.320. The maximum atomic E-state index is 12.9. The molecule has 0 spiro atoms. The van der Waals surface area contributed by atoms with Gasteiger partial charge in [0.05, 0.1) is 17.6 Å². The molecule has 0 fully saturated rings. The summed E-state index contributed by atoms with van der Waals surface area (Å²) >= 11 is 1.28. The molecule has 1 heterocycles. The number of amides is 1. The molecule has 0 aliphatic rings. The van der Waals surface area contributed by atoms with Crippen LogP contribution in [0.3, 0.4) is 0 Å². The van der Waals surface area contributed by atoms with Crippen molar-refractivity contribution in [1.82, 2.24) is 9.78 Å². The van der Waals surface area contributed by atoms with Crippen molar-refractivity contribution in [2.75, 3.05) is 11.1 Å². The van der Waals surface area contributed by atoms with Crippen molar-refractivity contribution in [2.45, 2.75) is 4.90 Å².